The van der Waals surface area contributed by atoms with Crippen molar-refractivity contribution in [2.24, 2.45) is 0 Å². The maximum absolute atomic E-state index is 2.29. The SMILES string of the molecule is CCCCc1ccc(C)cc1C=C(C)C. The smallest absolute Gasteiger partial charge is 0.0223 e. The Hall–Kier alpha value is -1.04. The van der Waals surface area contributed by atoms with Gasteiger partial charge < -0.3 is 0 Å². The minimum atomic E-state index is 1.20. The van der Waals surface area contributed by atoms with Gasteiger partial charge in [0, 0.05) is 0 Å². The van der Waals surface area contributed by atoms with Gasteiger partial charge >= 0.3 is 0 Å². The van der Waals surface area contributed by atoms with Crippen LogP contribution >= 0.6 is 0 Å². The number of hydrogen-bond donors (Lipinski definition) is 0. The Kier molecular flexibility index (Phi) is 4.61. The van der Waals surface area contributed by atoms with Crippen LogP contribution in [0.3, 0.4) is 0 Å². The van der Waals surface area contributed by atoms with Gasteiger partial charge in [-0.2, -0.15) is 0 Å². The fraction of sp³-hybridized carbons (Fsp3) is 0.467. The van der Waals surface area contributed by atoms with Gasteiger partial charge in [-0.15, -0.1) is 0 Å². The van der Waals surface area contributed by atoms with E-state index in [-0.39, 0.29) is 0 Å². The number of benzene rings is 1. The van der Waals surface area contributed by atoms with Crippen molar-refractivity contribution in [2.45, 2.75) is 47.0 Å². The molecule has 0 radical (unpaired) electrons. The van der Waals surface area contributed by atoms with E-state index >= 15 is 0 Å². The second kappa shape index (κ2) is 5.75. The molecule has 0 aliphatic carbocycles. The van der Waals surface area contributed by atoms with Gasteiger partial charge in [-0.25, -0.2) is 0 Å². The van der Waals surface area contributed by atoms with Gasteiger partial charge in [0.1, 0.15) is 0 Å². The monoisotopic (exact) mass is 202 g/mol. The normalized spacial score (nSPS) is 10.1. The van der Waals surface area contributed by atoms with E-state index in [0.29, 0.717) is 0 Å². The summed E-state index contributed by atoms with van der Waals surface area (Å²) in [6.07, 6.45) is 6.04. The molecule has 82 valence electrons. The maximum atomic E-state index is 2.29. The zero-order chi connectivity index (χ0) is 11.3. The Labute approximate surface area is 94.0 Å². The van der Waals surface area contributed by atoms with Gasteiger partial charge in [-0.05, 0) is 44.7 Å². The van der Waals surface area contributed by atoms with Crippen molar-refractivity contribution >= 4 is 6.08 Å². The number of unbranched alkanes of at least 4 members (excludes halogenated alkanes) is 1. The first-order valence-electron chi connectivity index (χ1n) is 5.88. The minimum Gasteiger partial charge on any atom is -0.0758 e. The van der Waals surface area contributed by atoms with E-state index in [1.807, 2.05) is 0 Å². The first-order valence-corrected chi connectivity index (χ1v) is 5.88. The summed E-state index contributed by atoms with van der Waals surface area (Å²) in [4.78, 5) is 0. The summed E-state index contributed by atoms with van der Waals surface area (Å²) in [6.45, 7) is 8.72. The summed E-state index contributed by atoms with van der Waals surface area (Å²) < 4.78 is 0. The fourth-order valence-electron chi connectivity index (χ4n) is 1.75. The summed E-state index contributed by atoms with van der Waals surface area (Å²) in [5.74, 6) is 0. The third-order valence-electron chi connectivity index (χ3n) is 2.55. The van der Waals surface area contributed by atoms with Crippen LogP contribution in [0.1, 0.15) is 50.3 Å². The molecular weight excluding hydrogens is 180 g/mol. The zero-order valence-electron chi connectivity index (χ0n) is 10.4. The van der Waals surface area contributed by atoms with Gasteiger partial charge in [-0.1, -0.05) is 48.8 Å². The Morgan fingerprint density at radius 1 is 1.27 bits per heavy atom. The largest absolute Gasteiger partial charge is 0.0758 e. The van der Waals surface area contributed by atoms with Crippen molar-refractivity contribution in [2.75, 3.05) is 0 Å². The standard InChI is InChI=1S/C15H22/c1-5-6-7-14-9-8-13(4)11-15(14)10-12(2)3/h8-11H,5-7H2,1-4H3. The number of aryl methyl sites for hydroxylation is 2. The second-order valence-electron chi connectivity index (χ2n) is 4.53. The van der Waals surface area contributed by atoms with E-state index in [0.717, 1.165) is 0 Å². The molecular formula is C15H22. The number of rotatable bonds is 4. The van der Waals surface area contributed by atoms with E-state index in [1.165, 1.54) is 41.5 Å². The van der Waals surface area contributed by atoms with Crippen molar-refractivity contribution < 1.29 is 0 Å². The Balaban J connectivity index is 2.98. The molecule has 0 bridgehead atoms. The molecule has 0 N–H and O–H groups in total. The first kappa shape index (κ1) is 12.0. The molecule has 0 amide bonds. The van der Waals surface area contributed by atoms with Crippen LogP contribution in [0.15, 0.2) is 23.8 Å². The van der Waals surface area contributed by atoms with Crippen molar-refractivity contribution in [3.8, 4) is 0 Å². The summed E-state index contributed by atoms with van der Waals surface area (Å²) >= 11 is 0. The van der Waals surface area contributed by atoms with Crippen LogP contribution in [0.4, 0.5) is 0 Å². The molecule has 0 spiro atoms. The topological polar surface area (TPSA) is 0 Å². The quantitative estimate of drug-likeness (QED) is 0.660. The fourth-order valence-corrected chi connectivity index (χ4v) is 1.75. The molecule has 0 heterocycles. The lowest BCUT2D eigenvalue weighted by molar-refractivity contribution is 0.794. The molecule has 0 fully saturated rings. The molecule has 0 saturated carbocycles. The van der Waals surface area contributed by atoms with Gasteiger partial charge in [0.05, 0.1) is 0 Å². The second-order valence-corrected chi connectivity index (χ2v) is 4.53. The van der Waals surface area contributed by atoms with Crippen molar-refractivity contribution in [1.82, 2.24) is 0 Å². The predicted octanol–water partition coefficient (Wildman–Crippen LogP) is 4.76. The van der Waals surface area contributed by atoms with Crippen molar-refractivity contribution in [3.63, 3.8) is 0 Å². The summed E-state index contributed by atoms with van der Waals surface area (Å²) in [7, 11) is 0. The van der Waals surface area contributed by atoms with Crippen LogP contribution in [0.5, 0.6) is 0 Å². The molecule has 0 atom stereocenters. The van der Waals surface area contributed by atoms with E-state index in [2.05, 4.69) is 52.0 Å². The van der Waals surface area contributed by atoms with Crippen LogP contribution in [0.2, 0.25) is 0 Å². The third-order valence-corrected chi connectivity index (χ3v) is 2.55. The van der Waals surface area contributed by atoms with Crippen LogP contribution < -0.4 is 0 Å². The lowest BCUT2D eigenvalue weighted by atomic mass is 9.98. The lowest BCUT2D eigenvalue weighted by Crippen LogP contribution is -1.90. The summed E-state index contributed by atoms with van der Waals surface area (Å²) in [5.41, 5.74) is 5.62. The van der Waals surface area contributed by atoms with Crippen molar-refractivity contribution in [1.29, 1.82) is 0 Å². The van der Waals surface area contributed by atoms with Gasteiger partial charge in [0.2, 0.25) is 0 Å². The molecule has 1 rings (SSSR count). The molecule has 1 aromatic carbocycles. The predicted molar refractivity (Wildman–Crippen MR) is 69.1 cm³/mol. The molecule has 15 heavy (non-hydrogen) atoms. The van der Waals surface area contributed by atoms with Crippen LogP contribution in [-0.2, 0) is 6.42 Å². The highest BCUT2D eigenvalue weighted by Crippen LogP contribution is 2.17. The van der Waals surface area contributed by atoms with E-state index in [9.17, 15) is 0 Å². The lowest BCUT2D eigenvalue weighted by Gasteiger charge is -2.07. The number of hydrogen-bond acceptors (Lipinski definition) is 0. The van der Waals surface area contributed by atoms with Crippen molar-refractivity contribution in [3.05, 3.63) is 40.5 Å². The molecule has 0 heteroatoms. The molecule has 0 saturated heterocycles. The first-order chi connectivity index (χ1) is 7.13. The van der Waals surface area contributed by atoms with Gasteiger partial charge in [0.15, 0.2) is 0 Å². The average Bonchev–Trinajstić information content (AvgIpc) is 2.16. The Bertz CT molecular complexity index is 341. The molecule has 0 aromatic heterocycles. The number of allylic oxidation sites excluding steroid dienone is 1. The molecule has 0 aliphatic rings. The molecule has 0 aliphatic heterocycles. The highest BCUT2D eigenvalue weighted by Gasteiger charge is 2.00. The Morgan fingerprint density at radius 2 is 2.00 bits per heavy atom. The molecule has 0 unspecified atom stereocenters. The molecule has 0 nitrogen and oxygen atoms in total. The van der Waals surface area contributed by atoms with Crippen LogP contribution in [-0.4, -0.2) is 0 Å². The Morgan fingerprint density at radius 3 is 2.60 bits per heavy atom. The highest BCUT2D eigenvalue weighted by atomic mass is 14.0. The summed E-state index contributed by atoms with van der Waals surface area (Å²) in [6, 6.07) is 6.78. The zero-order valence-corrected chi connectivity index (χ0v) is 10.4. The summed E-state index contributed by atoms with van der Waals surface area (Å²) in [5, 5.41) is 0. The third kappa shape index (κ3) is 3.91. The van der Waals surface area contributed by atoms with Crippen LogP contribution in [0, 0.1) is 6.92 Å². The van der Waals surface area contributed by atoms with Gasteiger partial charge in [-0.3, -0.25) is 0 Å². The maximum Gasteiger partial charge on any atom is -0.0223 e. The van der Waals surface area contributed by atoms with E-state index < -0.39 is 0 Å². The molecule has 1 aromatic rings. The minimum absolute atomic E-state index is 1.20. The highest BCUT2D eigenvalue weighted by molar-refractivity contribution is 5.57. The van der Waals surface area contributed by atoms with E-state index in [1.54, 1.807) is 0 Å². The average molecular weight is 202 g/mol. The van der Waals surface area contributed by atoms with Gasteiger partial charge in [0.25, 0.3) is 0 Å². The van der Waals surface area contributed by atoms with Crippen LogP contribution in [0.25, 0.3) is 6.08 Å². The van der Waals surface area contributed by atoms with E-state index in [4.69, 9.17) is 0 Å².